The van der Waals surface area contributed by atoms with Gasteiger partial charge in [0.2, 0.25) is 0 Å². The number of carbonyl (C=O) groups is 1. The van der Waals surface area contributed by atoms with E-state index in [9.17, 15) is 4.79 Å². The minimum Gasteiger partial charge on any atom is -0.305 e. The lowest BCUT2D eigenvalue weighted by atomic mass is 10.2. The zero-order valence-corrected chi connectivity index (χ0v) is 12.8. The van der Waals surface area contributed by atoms with Gasteiger partial charge in [0, 0.05) is 18.9 Å². The quantitative estimate of drug-likeness (QED) is 0.760. The summed E-state index contributed by atoms with van der Waals surface area (Å²) in [5, 5.41) is 13.8. The van der Waals surface area contributed by atoms with Crippen LogP contribution in [0.25, 0.3) is 0 Å². The molecule has 2 aromatic heterocycles. The van der Waals surface area contributed by atoms with Gasteiger partial charge in [0.25, 0.3) is 0 Å². The number of carbonyl (C=O) groups excluding carboxylic acids is 1. The smallest absolute Gasteiger partial charge is 0.305 e. The summed E-state index contributed by atoms with van der Waals surface area (Å²) in [6.45, 7) is 3.40. The number of amides is 2. The molecule has 0 spiro atoms. The summed E-state index contributed by atoms with van der Waals surface area (Å²) in [7, 11) is 0. The summed E-state index contributed by atoms with van der Waals surface area (Å²) >= 11 is 0. The molecule has 23 heavy (non-hydrogen) atoms. The molecule has 0 saturated heterocycles. The van der Waals surface area contributed by atoms with Gasteiger partial charge in [0.1, 0.15) is 0 Å². The van der Waals surface area contributed by atoms with Gasteiger partial charge in [-0.1, -0.05) is 30.3 Å². The largest absolute Gasteiger partial charge is 0.323 e. The van der Waals surface area contributed by atoms with Gasteiger partial charge in [0.15, 0.2) is 0 Å². The molecule has 3 aromatic rings. The van der Waals surface area contributed by atoms with E-state index < -0.39 is 0 Å². The highest BCUT2D eigenvalue weighted by molar-refractivity contribution is 5.99. The molecule has 2 heterocycles. The van der Waals surface area contributed by atoms with E-state index in [0.717, 1.165) is 12.1 Å². The molecule has 0 unspecified atom stereocenters. The van der Waals surface area contributed by atoms with Crippen molar-refractivity contribution in [3.8, 4) is 0 Å². The van der Waals surface area contributed by atoms with Crippen molar-refractivity contribution in [2.45, 2.75) is 20.0 Å². The number of hydrogen-bond donors (Lipinski definition) is 2. The first-order valence-electron chi connectivity index (χ1n) is 7.40. The van der Waals surface area contributed by atoms with Crippen LogP contribution in [0.2, 0.25) is 0 Å². The standard InChI is InChI=1S/C16H18N6O/c1-2-21-11-14(8-17-21)19-16(23)20-15-9-18-22(12-15)10-13-6-4-3-5-7-13/h3-9,11-12H,2,10H2,1H3,(H2,19,20,23). The molecular weight excluding hydrogens is 292 g/mol. The van der Waals surface area contributed by atoms with Crippen molar-refractivity contribution < 1.29 is 4.79 Å². The van der Waals surface area contributed by atoms with E-state index >= 15 is 0 Å². The zero-order chi connectivity index (χ0) is 16.1. The van der Waals surface area contributed by atoms with E-state index in [1.807, 2.05) is 37.3 Å². The normalized spacial score (nSPS) is 10.5. The number of nitrogens with one attached hydrogen (secondary N) is 2. The van der Waals surface area contributed by atoms with Crippen LogP contribution in [-0.4, -0.2) is 25.6 Å². The van der Waals surface area contributed by atoms with Crippen molar-refractivity contribution in [3.63, 3.8) is 0 Å². The second kappa shape index (κ2) is 6.78. The van der Waals surface area contributed by atoms with Gasteiger partial charge in [-0.3, -0.25) is 9.36 Å². The Labute approximate surface area is 133 Å². The lowest BCUT2D eigenvalue weighted by molar-refractivity contribution is 0.262. The fourth-order valence-electron chi connectivity index (χ4n) is 2.18. The van der Waals surface area contributed by atoms with Crippen LogP contribution in [0.15, 0.2) is 55.1 Å². The maximum atomic E-state index is 12.0. The van der Waals surface area contributed by atoms with Crippen LogP contribution in [0.1, 0.15) is 12.5 Å². The molecule has 0 fully saturated rings. The summed E-state index contributed by atoms with van der Waals surface area (Å²) in [5.41, 5.74) is 2.45. The number of aryl methyl sites for hydroxylation is 1. The van der Waals surface area contributed by atoms with Gasteiger partial charge in [0.05, 0.1) is 30.3 Å². The zero-order valence-electron chi connectivity index (χ0n) is 12.8. The minimum absolute atomic E-state index is 0.320. The van der Waals surface area contributed by atoms with Crippen molar-refractivity contribution in [2.24, 2.45) is 0 Å². The summed E-state index contributed by atoms with van der Waals surface area (Å²) in [5.74, 6) is 0. The van der Waals surface area contributed by atoms with Crippen molar-refractivity contribution in [1.29, 1.82) is 0 Å². The Balaban J connectivity index is 1.57. The lowest BCUT2D eigenvalue weighted by Crippen LogP contribution is -2.18. The van der Waals surface area contributed by atoms with Gasteiger partial charge >= 0.3 is 6.03 Å². The number of anilines is 2. The van der Waals surface area contributed by atoms with Gasteiger partial charge in [-0.25, -0.2) is 4.79 Å². The third kappa shape index (κ3) is 3.97. The number of aromatic nitrogens is 4. The molecular formula is C16H18N6O. The molecule has 2 amide bonds. The third-order valence-electron chi connectivity index (χ3n) is 3.29. The number of urea groups is 1. The Morgan fingerprint density at radius 3 is 2.22 bits per heavy atom. The monoisotopic (exact) mass is 310 g/mol. The molecule has 0 radical (unpaired) electrons. The summed E-state index contributed by atoms with van der Waals surface area (Å²) in [6.07, 6.45) is 6.81. The van der Waals surface area contributed by atoms with E-state index in [2.05, 4.69) is 20.8 Å². The third-order valence-corrected chi connectivity index (χ3v) is 3.29. The van der Waals surface area contributed by atoms with Crippen molar-refractivity contribution >= 4 is 17.4 Å². The van der Waals surface area contributed by atoms with Crippen LogP contribution in [0.4, 0.5) is 16.2 Å². The average molecular weight is 310 g/mol. The Morgan fingerprint density at radius 1 is 1.00 bits per heavy atom. The van der Waals surface area contributed by atoms with E-state index in [1.165, 1.54) is 0 Å². The van der Waals surface area contributed by atoms with Crippen LogP contribution < -0.4 is 10.6 Å². The molecule has 7 nitrogen and oxygen atoms in total. The van der Waals surface area contributed by atoms with Gasteiger partial charge in [-0.2, -0.15) is 10.2 Å². The minimum atomic E-state index is -0.320. The second-order valence-corrected chi connectivity index (χ2v) is 5.08. The van der Waals surface area contributed by atoms with Crippen LogP contribution in [-0.2, 0) is 13.1 Å². The molecule has 0 saturated carbocycles. The fourth-order valence-corrected chi connectivity index (χ4v) is 2.18. The van der Waals surface area contributed by atoms with E-state index in [1.54, 1.807) is 34.2 Å². The highest BCUT2D eigenvalue weighted by Crippen LogP contribution is 2.10. The predicted molar refractivity (Wildman–Crippen MR) is 88.3 cm³/mol. The molecule has 1 aromatic carbocycles. The number of hydrogen-bond acceptors (Lipinski definition) is 3. The van der Waals surface area contributed by atoms with E-state index in [4.69, 9.17) is 0 Å². The first-order chi connectivity index (χ1) is 11.2. The second-order valence-electron chi connectivity index (χ2n) is 5.08. The van der Waals surface area contributed by atoms with E-state index in [-0.39, 0.29) is 6.03 Å². The van der Waals surface area contributed by atoms with Crippen molar-refractivity contribution in [2.75, 3.05) is 10.6 Å². The molecule has 0 aliphatic carbocycles. The molecule has 0 aliphatic heterocycles. The SMILES string of the molecule is CCn1cc(NC(=O)Nc2cnn(Cc3ccccc3)c2)cn1. The van der Waals surface area contributed by atoms with Gasteiger partial charge in [-0.05, 0) is 12.5 Å². The maximum Gasteiger partial charge on any atom is 0.323 e. The van der Waals surface area contributed by atoms with Crippen molar-refractivity contribution in [3.05, 3.63) is 60.7 Å². The number of nitrogens with zero attached hydrogens (tertiary/aromatic N) is 4. The Morgan fingerprint density at radius 2 is 1.61 bits per heavy atom. The average Bonchev–Trinajstić information content (AvgIpc) is 3.18. The molecule has 2 N–H and O–H groups in total. The van der Waals surface area contributed by atoms with Gasteiger partial charge in [-0.15, -0.1) is 0 Å². The topological polar surface area (TPSA) is 76.8 Å². The molecule has 118 valence electrons. The Hall–Kier alpha value is -3.09. The molecule has 7 heteroatoms. The molecule has 0 bridgehead atoms. The molecule has 0 aliphatic rings. The number of rotatable bonds is 5. The fraction of sp³-hybridized carbons (Fsp3) is 0.188. The summed E-state index contributed by atoms with van der Waals surface area (Å²) in [4.78, 5) is 12.0. The van der Waals surface area contributed by atoms with Crippen LogP contribution in [0, 0.1) is 0 Å². The Bertz CT molecular complexity index is 777. The molecule has 3 rings (SSSR count). The first-order valence-corrected chi connectivity index (χ1v) is 7.40. The van der Waals surface area contributed by atoms with Gasteiger partial charge < -0.3 is 10.6 Å². The maximum absolute atomic E-state index is 12.0. The Kier molecular flexibility index (Phi) is 4.37. The lowest BCUT2D eigenvalue weighted by Gasteiger charge is -2.03. The molecule has 0 atom stereocenters. The van der Waals surface area contributed by atoms with Crippen LogP contribution in [0.3, 0.4) is 0 Å². The number of benzene rings is 1. The summed E-state index contributed by atoms with van der Waals surface area (Å²) < 4.78 is 3.52. The van der Waals surface area contributed by atoms with E-state index in [0.29, 0.717) is 17.9 Å². The first kappa shape index (κ1) is 14.8. The highest BCUT2D eigenvalue weighted by Gasteiger charge is 2.06. The predicted octanol–water partition coefficient (Wildman–Crippen LogP) is 2.79. The highest BCUT2D eigenvalue weighted by atomic mass is 16.2. The summed E-state index contributed by atoms with van der Waals surface area (Å²) in [6, 6.07) is 9.70. The van der Waals surface area contributed by atoms with Crippen molar-refractivity contribution in [1.82, 2.24) is 19.6 Å². The van der Waals surface area contributed by atoms with Crippen LogP contribution >= 0.6 is 0 Å². The van der Waals surface area contributed by atoms with Crippen LogP contribution in [0.5, 0.6) is 0 Å².